The summed E-state index contributed by atoms with van der Waals surface area (Å²) >= 11 is 0. The molecular formula is C12H11N3O2. The lowest BCUT2D eigenvalue weighted by molar-refractivity contribution is 0.419. The lowest BCUT2D eigenvalue weighted by atomic mass is 10.1. The van der Waals surface area contributed by atoms with Gasteiger partial charge in [-0.05, 0) is 12.1 Å². The van der Waals surface area contributed by atoms with Crippen molar-refractivity contribution < 1.29 is 10.6 Å². The zero-order valence-electron chi connectivity index (χ0n) is 10.5. The van der Waals surface area contributed by atoms with Gasteiger partial charge in [0.25, 0.3) is 0 Å². The van der Waals surface area contributed by atoms with Gasteiger partial charge in [-0.1, -0.05) is 5.16 Å². The Kier molecular flexibility index (Phi) is 1.88. The van der Waals surface area contributed by atoms with E-state index in [0.29, 0.717) is 16.7 Å². The Hall–Kier alpha value is -2.30. The molecule has 86 valence electrons. The standard InChI is InChI=1S/C12H11N3O2/c1-15-7-8(5-13-15)9-3-4-11(16-2)10-6-14-17-12(9)10/h3-7H,1-2H3/i6D. The molecule has 0 aliphatic carbocycles. The maximum Gasteiger partial charge on any atom is 0.178 e. The van der Waals surface area contributed by atoms with E-state index >= 15 is 0 Å². The summed E-state index contributed by atoms with van der Waals surface area (Å²) in [6.45, 7) is 0. The highest BCUT2D eigenvalue weighted by Crippen LogP contribution is 2.33. The number of aromatic nitrogens is 3. The number of ether oxygens (including phenoxy) is 1. The van der Waals surface area contributed by atoms with Crippen LogP contribution in [0.3, 0.4) is 0 Å². The fourth-order valence-corrected chi connectivity index (χ4v) is 1.84. The topological polar surface area (TPSA) is 53.1 Å². The molecule has 5 heteroatoms. The Bertz CT molecular complexity index is 717. The smallest absolute Gasteiger partial charge is 0.178 e. The first-order valence-electron chi connectivity index (χ1n) is 5.62. The van der Waals surface area contributed by atoms with E-state index in [0.717, 1.165) is 11.1 Å². The average molecular weight is 230 g/mol. The Morgan fingerprint density at radius 1 is 1.47 bits per heavy atom. The Morgan fingerprint density at radius 2 is 2.35 bits per heavy atom. The predicted molar refractivity (Wildman–Crippen MR) is 62.8 cm³/mol. The molecule has 0 aliphatic rings. The molecule has 2 heterocycles. The van der Waals surface area contributed by atoms with Gasteiger partial charge in [-0.25, -0.2) is 0 Å². The van der Waals surface area contributed by atoms with Crippen molar-refractivity contribution in [2.24, 2.45) is 7.05 Å². The third-order valence-corrected chi connectivity index (χ3v) is 2.65. The molecule has 0 fully saturated rings. The molecule has 0 radical (unpaired) electrons. The molecule has 0 unspecified atom stereocenters. The molecule has 2 aromatic heterocycles. The molecule has 0 spiro atoms. The van der Waals surface area contributed by atoms with Crippen LogP contribution in [0.5, 0.6) is 5.75 Å². The fraction of sp³-hybridized carbons (Fsp3) is 0.167. The molecule has 3 aromatic rings. The summed E-state index contributed by atoms with van der Waals surface area (Å²) in [7, 11) is 3.41. The van der Waals surface area contributed by atoms with E-state index in [-0.39, 0.29) is 6.17 Å². The first-order chi connectivity index (χ1) is 8.70. The second kappa shape index (κ2) is 3.62. The molecule has 0 atom stereocenters. The van der Waals surface area contributed by atoms with E-state index in [4.69, 9.17) is 10.6 Å². The van der Waals surface area contributed by atoms with Gasteiger partial charge in [0.05, 0.1) is 26.2 Å². The molecule has 0 saturated carbocycles. The Labute approximate surface area is 99.0 Å². The van der Waals surface area contributed by atoms with Crippen molar-refractivity contribution in [1.29, 1.82) is 0 Å². The largest absolute Gasteiger partial charge is 0.496 e. The molecule has 0 N–H and O–H groups in total. The van der Waals surface area contributed by atoms with Crippen LogP contribution in [0.1, 0.15) is 1.37 Å². The average Bonchev–Trinajstić information content (AvgIpc) is 2.96. The van der Waals surface area contributed by atoms with Crippen molar-refractivity contribution >= 4 is 11.0 Å². The van der Waals surface area contributed by atoms with Crippen molar-refractivity contribution in [2.45, 2.75) is 0 Å². The van der Waals surface area contributed by atoms with E-state index in [1.807, 2.05) is 19.3 Å². The number of fused-ring (bicyclic) bond motifs is 1. The summed E-state index contributed by atoms with van der Waals surface area (Å²) in [6.07, 6.45) is 3.70. The Balaban J connectivity index is 2.32. The number of hydrogen-bond donors (Lipinski definition) is 0. The van der Waals surface area contributed by atoms with Gasteiger partial charge in [-0.15, -0.1) is 0 Å². The van der Waals surface area contributed by atoms with Crippen LogP contribution in [0.25, 0.3) is 22.1 Å². The van der Waals surface area contributed by atoms with Crippen LogP contribution in [0.2, 0.25) is 0 Å². The van der Waals surface area contributed by atoms with Crippen molar-refractivity contribution in [1.82, 2.24) is 14.9 Å². The maximum absolute atomic E-state index is 7.75. The molecular weight excluding hydrogens is 218 g/mol. The van der Waals surface area contributed by atoms with Gasteiger partial charge in [0.2, 0.25) is 0 Å². The predicted octanol–water partition coefficient (Wildman–Crippen LogP) is 2.24. The third kappa shape index (κ3) is 1.47. The zero-order valence-corrected chi connectivity index (χ0v) is 9.47. The molecule has 0 saturated heterocycles. The molecule has 0 amide bonds. The minimum absolute atomic E-state index is 0.0765. The van der Waals surface area contributed by atoms with Crippen LogP contribution in [0.4, 0.5) is 0 Å². The van der Waals surface area contributed by atoms with Crippen LogP contribution < -0.4 is 4.74 Å². The van der Waals surface area contributed by atoms with Crippen molar-refractivity contribution in [3.8, 4) is 16.9 Å². The van der Waals surface area contributed by atoms with Gasteiger partial charge in [-0.2, -0.15) is 5.10 Å². The molecule has 5 nitrogen and oxygen atoms in total. The second-order valence-electron chi connectivity index (χ2n) is 3.72. The van der Waals surface area contributed by atoms with E-state index in [9.17, 15) is 0 Å². The molecule has 0 bridgehead atoms. The second-order valence-corrected chi connectivity index (χ2v) is 3.72. The monoisotopic (exact) mass is 230 g/mol. The number of hydrogen-bond acceptors (Lipinski definition) is 4. The quantitative estimate of drug-likeness (QED) is 0.677. The normalized spacial score (nSPS) is 11.8. The minimum atomic E-state index is 0.0765. The summed E-state index contributed by atoms with van der Waals surface area (Å²) in [5.74, 6) is 0.587. The van der Waals surface area contributed by atoms with Gasteiger partial charge >= 0.3 is 0 Å². The maximum atomic E-state index is 7.75. The number of methoxy groups -OCH3 is 1. The van der Waals surface area contributed by atoms with Crippen LogP contribution in [0.15, 0.2) is 35.2 Å². The van der Waals surface area contributed by atoms with Gasteiger partial charge in [0.15, 0.2) is 5.58 Å². The summed E-state index contributed by atoms with van der Waals surface area (Å²) in [5.41, 5.74) is 2.32. The number of aryl methyl sites for hydroxylation is 1. The first kappa shape index (κ1) is 8.81. The first-order valence-corrected chi connectivity index (χ1v) is 5.12. The highest BCUT2D eigenvalue weighted by Gasteiger charge is 2.13. The van der Waals surface area contributed by atoms with Gasteiger partial charge in [0.1, 0.15) is 5.75 Å². The number of rotatable bonds is 2. The van der Waals surface area contributed by atoms with Crippen LogP contribution >= 0.6 is 0 Å². The summed E-state index contributed by atoms with van der Waals surface area (Å²) < 4.78 is 19.9. The number of benzene rings is 1. The lowest BCUT2D eigenvalue weighted by Gasteiger charge is -2.03. The molecule has 1 aromatic carbocycles. The highest BCUT2D eigenvalue weighted by molar-refractivity contribution is 5.95. The number of nitrogens with zero attached hydrogens (tertiary/aromatic N) is 3. The third-order valence-electron chi connectivity index (χ3n) is 2.65. The SMILES string of the molecule is [2H]c1noc2c(-c3cnn(C)c3)ccc(OC)c12. The van der Waals surface area contributed by atoms with Crippen LogP contribution in [0, 0.1) is 0 Å². The summed E-state index contributed by atoms with van der Waals surface area (Å²) in [4.78, 5) is 0. The van der Waals surface area contributed by atoms with Gasteiger partial charge < -0.3 is 9.26 Å². The molecule has 3 rings (SSSR count). The summed E-state index contributed by atoms with van der Waals surface area (Å²) in [5, 5.41) is 8.39. The van der Waals surface area contributed by atoms with E-state index < -0.39 is 0 Å². The van der Waals surface area contributed by atoms with Gasteiger partial charge in [-0.3, -0.25) is 4.68 Å². The van der Waals surface area contributed by atoms with Crippen LogP contribution in [-0.2, 0) is 7.05 Å². The van der Waals surface area contributed by atoms with Crippen molar-refractivity contribution in [3.05, 3.63) is 30.7 Å². The zero-order chi connectivity index (χ0) is 12.7. The highest BCUT2D eigenvalue weighted by atomic mass is 16.5. The van der Waals surface area contributed by atoms with E-state index in [2.05, 4.69) is 10.3 Å². The van der Waals surface area contributed by atoms with E-state index in [1.165, 1.54) is 0 Å². The summed E-state index contributed by atoms with van der Waals surface area (Å²) in [6, 6.07) is 3.68. The minimum Gasteiger partial charge on any atom is -0.496 e. The fourth-order valence-electron chi connectivity index (χ4n) is 1.84. The van der Waals surface area contributed by atoms with Crippen molar-refractivity contribution in [2.75, 3.05) is 7.11 Å². The lowest BCUT2D eigenvalue weighted by Crippen LogP contribution is -1.85. The molecule has 17 heavy (non-hydrogen) atoms. The van der Waals surface area contributed by atoms with Gasteiger partial charge in [0, 0.05) is 24.4 Å². The van der Waals surface area contributed by atoms with E-state index in [1.54, 1.807) is 24.1 Å². The van der Waals surface area contributed by atoms with Crippen molar-refractivity contribution in [3.63, 3.8) is 0 Å². The Morgan fingerprint density at radius 3 is 3.06 bits per heavy atom. The van der Waals surface area contributed by atoms with Crippen LogP contribution in [-0.4, -0.2) is 22.0 Å². The molecule has 0 aliphatic heterocycles.